The zero-order valence-corrected chi connectivity index (χ0v) is 12.6. The number of nitrogens with one attached hydrogen (secondary N) is 1. The summed E-state index contributed by atoms with van der Waals surface area (Å²) < 4.78 is 4.98. The van der Waals surface area contributed by atoms with Crippen LogP contribution in [0, 0.1) is 5.92 Å². The first kappa shape index (κ1) is 14.8. The van der Waals surface area contributed by atoms with Crippen LogP contribution in [0.2, 0.25) is 0 Å². The number of methoxy groups -OCH3 is 1. The van der Waals surface area contributed by atoms with E-state index in [0.717, 1.165) is 25.4 Å². The molecule has 0 saturated heterocycles. The number of rotatable bonds is 9. The van der Waals surface area contributed by atoms with E-state index in [4.69, 9.17) is 4.74 Å². The van der Waals surface area contributed by atoms with Gasteiger partial charge in [-0.05, 0) is 51.5 Å². The molecule has 0 aromatic carbocycles. The van der Waals surface area contributed by atoms with Crippen molar-refractivity contribution < 1.29 is 9.53 Å². The van der Waals surface area contributed by atoms with Crippen molar-refractivity contribution in [2.45, 2.75) is 57.5 Å². The molecular formula is C15H28N2O2. The van der Waals surface area contributed by atoms with Gasteiger partial charge in [0.05, 0.1) is 7.11 Å². The average molecular weight is 268 g/mol. The number of hydrogen-bond acceptors (Lipinski definition) is 4. The van der Waals surface area contributed by atoms with Gasteiger partial charge in [-0.25, -0.2) is 0 Å². The third-order valence-corrected chi connectivity index (χ3v) is 4.32. The summed E-state index contributed by atoms with van der Waals surface area (Å²) in [6.45, 7) is 7.42. The van der Waals surface area contributed by atoms with Gasteiger partial charge in [0.1, 0.15) is 5.54 Å². The van der Waals surface area contributed by atoms with Gasteiger partial charge >= 0.3 is 5.97 Å². The Morgan fingerprint density at radius 2 is 2.05 bits per heavy atom. The molecule has 110 valence electrons. The largest absolute Gasteiger partial charge is 0.468 e. The molecule has 2 saturated carbocycles. The lowest BCUT2D eigenvalue weighted by Crippen LogP contribution is -2.53. The summed E-state index contributed by atoms with van der Waals surface area (Å²) in [7, 11) is 1.48. The molecule has 0 bridgehead atoms. The van der Waals surface area contributed by atoms with E-state index in [0.29, 0.717) is 6.04 Å². The molecule has 2 aliphatic rings. The fourth-order valence-corrected chi connectivity index (χ4v) is 2.56. The van der Waals surface area contributed by atoms with Crippen molar-refractivity contribution in [2.24, 2.45) is 5.92 Å². The molecule has 1 N–H and O–H groups in total. The monoisotopic (exact) mass is 268 g/mol. The number of carbonyl (C=O) groups is 1. The number of ether oxygens (including phenoxy) is 1. The van der Waals surface area contributed by atoms with E-state index in [1.54, 1.807) is 0 Å². The van der Waals surface area contributed by atoms with Crippen molar-refractivity contribution in [3.8, 4) is 0 Å². The smallest absolute Gasteiger partial charge is 0.325 e. The predicted molar refractivity (Wildman–Crippen MR) is 76.0 cm³/mol. The summed E-state index contributed by atoms with van der Waals surface area (Å²) in [5, 5.41) is 3.47. The lowest BCUT2D eigenvalue weighted by molar-refractivity contribution is -0.148. The normalized spacial score (nSPS) is 22.3. The Morgan fingerprint density at radius 1 is 1.37 bits per heavy atom. The average Bonchev–Trinajstić information content (AvgIpc) is 3.29. The van der Waals surface area contributed by atoms with E-state index < -0.39 is 5.54 Å². The molecular weight excluding hydrogens is 240 g/mol. The summed E-state index contributed by atoms with van der Waals surface area (Å²) in [6, 6.07) is 0.516. The zero-order chi connectivity index (χ0) is 13.9. The third kappa shape index (κ3) is 4.46. The lowest BCUT2D eigenvalue weighted by atomic mass is 9.97. The van der Waals surface area contributed by atoms with Crippen LogP contribution in [0.25, 0.3) is 0 Å². The van der Waals surface area contributed by atoms with Crippen molar-refractivity contribution in [2.75, 3.05) is 26.7 Å². The van der Waals surface area contributed by atoms with Crippen molar-refractivity contribution in [3.63, 3.8) is 0 Å². The van der Waals surface area contributed by atoms with Crippen LogP contribution in [0.3, 0.4) is 0 Å². The maximum absolute atomic E-state index is 12.0. The molecule has 1 atom stereocenters. The Hall–Kier alpha value is -0.610. The fourth-order valence-electron chi connectivity index (χ4n) is 2.56. The second kappa shape index (κ2) is 6.23. The minimum Gasteiger partial charge on any atom is -0.468 e. The van der Waals surface area contributed by atoms with Gasteiger partial charge in [0.25, 0.3) is 0 Å². The zero-order valence-electron chi connectivity index (χ0n) is 12.6. The maximum Gasteiger partial charge on any atom is 0.325 e. The topological polar surface area (TPSA) is 41.6 Å². The summed E-state index contributed by atoms with van der Waals surface area (Å²) in [4.78, 5) is 14.5. The highest BCUT2D eigenvalue weighted by Crippen LogP contribution is 2.30. The quantitative estimate of drug-likeness (QED) is 0.647. The SMILES string of the molecule is CCN(CCC(C)(NC1CC1)C(=O)OC)CC1CC1. The summed E-state index contributed by atoms with van der Waals surface area (Å²) in [5.74, 6) is 0.780. The number of hydrogen-bond donors (Lipinski definition) is 1. The number of nitrogens with zero attached hydrogens (tertiary/aromatic N) is 1. The first-order valence-corrected chi connectivity index (χ1v) is 7.66. The molecule has 2 aliphatic carbocycles. The van der Waals surface area contributed by atoms with E-state index in [2.05, 4.69) is 17.1 Å². The molecule has 0 spiro atoms. The van der Waals surface area contributed by atoms with Crippen LogP contribution in [0.15, 0.2) is 0 Å². The maximum atomic E-state index is 12.0. The molecule has 0 radical (unpaired) electrons. The van der Waals surface area contributed by atoms with E-state index in [-0.39, 0.29) is 5.97 Å². The lowest BCUT2D eigenvalue weighted by Gasteiger charge is -2.31. The molecule has 19 heavy (non-hydrogen) atoms. The van der Waals surface area contributed by atoms with Gasteiger partial charge in [0, 0.05) is 19.1 Å². The molecule has 2 fully saturated rings. The van der Waals surface area contributed by atoms with E-state index in [9.17, 15) is 4.79 Å². The van der Waals surface area contributed by atoms with E-state index >= 15 is 0 Å². The molecule has 0 aliphatic heterocycles. The van der Waals surface area contributed by atoms with Crippen LogP contribution in [-0.4, -0.2) is 49.2 Å². The van der Waals surface area contributed by atoms with Gasteiger partial charge in [-0.2, -0.15) is 0 Å². The minimum absolute atomic E-state index is 0.123. The first-order valence-electron chi connectivity index (χ1n) is 7.66. The molecule has 0 aromatic heterocycles. The molecule has 4 nitrogen and oxygen atoms in total. The molecule has 1 unspecified atom stereocenters. The molecule has 0 aromatic rings. The number of esters is 1. The first-order chi connectivity index (χ1) is 9.07. The second-order valence-corrected chi connectivity index (χ2v) is 6.33. The Labute approximate surface area is 116 Å². The second-order valence-electron chi connectivity index (χ2n) is 6.33. The van der Waals surface area contributed by atoms with Gasteiger partial charge in [0.2, 0.25) is 0 Å². The van der Waals surface area contributed by atoms with Crippen molar-refractivity contribution in [1.29, 1.82) is 0 Å². The highest BCUT2D eigenvalue weighted by atomic mass is 16.5. The highest BCUT2D eigenvalue weighted by molar-refractivity contribution is 5.80. The Morgan fingerprint density at radius 3 is 2.53 bits per heavy atom. The molecule has 0 amide bonds. The van der Waals surface area contributed by atoms with Crippen LogP contribution < -0.4 is 5.32 Å². The van der Waals surface area contributed by atoms with Crippen molar-refractivity contribution in [3.05, 3.63) is 0 Å². The number of carbonyl (C=O) groups excluding carboxylic acids is 1. The van der Waals surface area contributed by atoms with Gasteiger partial charge in [-0.1, -0.05) is 6.92 Å². The van der Waals surface area contributed by atoms with Crippen LogP contribution >= 0.6 is 0 Å². The predicted octanol–water partition coefficient (Wildman–Crippen LogP) is 1.79. The highest BCUT2D eigenvalue weighted by Gasteiger charge is 2.39. The van der Waals surface area contributed by atoms with Crippen LogP contribution in [0.1, 0.15) is 46.0 Å². The van der Waals surface area contributed by atoms with E-state index in [1.165, 1.54) is 39.3 Å². The standard InChI is InChI=1S/C15H28N2O2/c1-4-17(11-12-5-6-12)10-9-15(2,14(18)19-3)16-13-7-8-13/h12-13,16H,4-11H2,1-3H3. The Bertz CT molecular complexity index is 313. The van der Waals surface area contributed by atoms with Crippen LogP contribution in [0.4, 0.5) is 0 Å². The van der Waals surface area contributed by atoms with Gasteiger partial charge < -0.3 is 9.64 Å². The van der Waals surface area contributed by atoms with Gasteiger partial charge in [0.15, 0.2) is 0 Å². The molecule has 2 rings (SSSR count). The van der Waals surface area contributed by atoms with Gasteiger partial charge in [-0.15, -0.1) is 0 Å². The van der Waals surface area contributed by atoms with Crippen molar-refractivity contribution >= 4 is 5.97 Å². The van der Waals surface area contributed by atoms with Crippen LogP contribution in [0.5, 0.6) is 0 Å². The van der Waals surface area contributed by atoms with Crippen LogP contribution in [-0.2, 0) is 9.53 Å². The van der Waals surface area contributed by atoms with Crippen molar-refractivity contribution in [1.82, 2.24) is 10.2 Å². The van der Waals surface area contributed by atoms with E-state index in [1.807, 2.05) is 6.92 Å². The Kier molecular flexibility index (Phi) is 4.85. The third-order valence-electron chi connectivity index (χ3n) is 4.32. The minimum atomic E-state index is -0.521. The summed E-state index contributed by atoms with van der Waals surface area (Å²) in [6.07, 6.45) is 5.96. The molecule has 0 heterocycles. The fraction of sp³-hybridized carbons (Fsp3) is 0.933. The summed E-state index contributed by atoms with van der Waals surface area (Å²) in [5.41, 5.74) is -0.521. The molecule has 4 heteroatoms. The van der Waals surface area contributed by atoms with Gasteiger partial charge in [-0.3, -0.25) is 10.1 Å². The summed E-state index contributed by atoms with van der Waals surface area (Å²) >= 11 is 0. The Balaban J connectivity index is 1.84.